The van der Waals surface area contributed by atoms with Crippen LogP contribution in [0.4, 0.5) is 4.39 Å². The summed E-state index contributed by atoms with van der Waals surface area (Å²) in [7, 11) is 1.36. The van der Waals surface area contributed by atoms with E-state index in [1.165, 1.54) is 13.2 Å². The molecule has 2 aromatic rings. The summed E-state index contributed by atoms with van der Waals surface area (Å²) >= 11 is 0. The molecule has 0 radical (unpaired) electrons. The molecule has 3 nitrogen and oxygen atoms in total. The van der Waals surface area contributed by atoms with Crippen LogP contribution in [0, 0.1) is 12.7 Å². The number of hydrogen-bond acceptors (Lipinski definition) is 3. The van der Waals surface area contributed by atoms with Crippen molar-refractivity contribution in [3.8, 4) is 5.75 Å². The van der Waals surface area contributed by atoms with Gasteiger partial charge in [0.25, 0.3) is 0 Å². The maximum absolute atomic E-state index is 14.0. The van der Waals surface area contributed by atoms with E-state index in [1.54, 1.807) is 6.07 Å². The third kappa shape index (κ3) is 4.31. The van der Waals surface area contributed by atoms with E-state index in [0.717, 1.165) is 28.7 Å². The average Bonchev–Trinajstić information content (AvgIpc) is 2.55. The van der Waals surface area contributed by atoms with E-state index in [-0.39, 0.29) is 30.6 Å². The van der Waals surface area contributed by atoms with Crippen LogP contribution in [0.1, 0.15) is 29.2 Å². The van der Waals surface area contributed by atoms with Gasteiger partial charge < -0.3 is 9.47 Å². The summed E-state index contributed by atoms with van der Waals surface area (Å²) in [4.78, 5) is 11.5. The Labute approximate surface area is 136 Å². The van der Waals surface area contributed by atoms with E-state index < -0.39 is 0 Å². The van der Waals surface area contributed by atoms with Gasteiger partial charge in [-0.2, -0.15) is 0 Å². The van der Waals surface area contributed by atoms with Crippen molar-refractivity contribution in [2.45, 2.75) is 33.3 Å². The molecule has 0 amide bonds. The molecule has 0 spiro atoms. The number of benzene rings is 2. The predicted molar refractivity (Wildman–Crippen MR) is 87.0 cm³/mol. The van der Waals surface area contributed by atoms with E-state index >= 15 is 0 Å². The van der Waals surface area contributed by atoms with Gasteiger partial charge in [0.15, 0.2) is 11.6 Å². The fourth-order valence-corrected chi connectivity index (χ4v) is 2.39. The Morgan fingerprint density at radius 3 is 2.65 bits per heavy atom. The molecule has 23 heavy (non-hydrogen) atoms. The zero-order valence-corrected chi connectivity index (χ0v) is 13.7. The van der Waals surface area contributed by atoms with Gasteiger partial charge in [-0.3, -0.25) is 4.79 Å². The first-order chi connectivity index (χ1) is 11.0. The predicted octanol–water partition coefficient (Wildman–Crippen LogP) is 3.99. The normalized spacial score (nSPS) is 10.4. The Hall–Kier alpha value is -2.36. The molecular formula is C19H21FO3. The Kier molecular flexibility index (Phi) is 5.74. The highest BCUT2D eigenvalue weighted by Crippen LogP contribution is 2.22. The SMILES string of the molecule is CCc1ccc(OCc2c(C)cccc2CC(=O)OC)c(F)c1. The van der Waals surface area contributed by atoms with Crippen molar-refractivity contribution in [3.63, 3.8) is 0 Å². The Morgan fingerprint density at radius 2 is 2.00 bits per heavy atom. The lowest BCUT2D eigenvalue weighted by molar-refractivity contribution is -0.139. The minimum atomic E-state index is -0.368. The maximum Gasteiger partial charge on any atom is 0.309 e. The number of halogens is 1. The highest BCUT2D eigenvalue weighted by atomic mass is 19.1. The smallest absolute Gasteiger partial charge is 0.309 e. The van der Waals surface area contributed by atoms with E-state index in [4.69, 9.17) is 9.47 Å². The lowest BCUT2D eigenvalue weighted by Gasteiger charge is -2.14. The van der Waals surface area contributed by atoms with Crippen molar-refractivity contribution in [2.75, 3.05) is 7.11 Å². The van der Waals surface area contributed by atoms with Gasteiger partial charge in [-0.05, 0) is 47.7 Å². The molecule has 0 saturated heterocycles. The highest BCUT2D eigenvalue weighted by molar-refractivity contribution is 5.73. The van der Waals surface area contributed by atoms with Gasteiger partial charge in [-0.1, -0.05) is 31.2 Å². The van der Waals surface area contributed by atoms with Crippen LogP contribution in [0.2, 0.25) is 0 Å². The average molecular weight is 316 g/mol. The molecule has 0 heterocycles. The van der Waals surface area contributed by atoms with Crippen LogP contribution in [-0.2, 0) is 29.0 Å². The number of carbonyl (C=O) groups is 1. The third-order valence-electron chi connectivity index (χ3n) is 3.85. The zero-order valence-electron chi connectivity index (χ0n) is 13.7. The topological polar surface area (TPSA) is 35.5 Å². The molecule has 2 aromatic carbocycles. The largest absolute Gasteiger partial charge is 0.486 e. The molecule has 0 fully saturated rings. The van der Waals surface area contributed by atoms with Crippen LogP contribution in [0.15, 0.2) is 36.4 Å². The molecule has 0 saturated carbocycles. The van der Waals surface area contributed by atoms with E-state index in [9.17, 15) is 9.18 Å². The van der Waals surface area contributed by atoms with Crippen molar-refractivity contribution in [2.24, 2.45) is 0 Å². The number of carbonyl (C=O) groups excluding carboxylic acids is 1. The number of esters is 1. The molecule has 122 valence electrons. The summed E-state index contributed by atoms with van der Waals surface area (Å²) in [6.07, 6.45) is 0.951. The van der Waals surface area contributed by atoms with Gasteiger partial charge in [0.1, 0.15) is 6.61 Å². The van der Waals surface area contributed by atoms with Crippen LogP contribution < -0.4 is 4.74 Å². The Bertz CT molecular complexity index is 695. The summed E-state index contributed by atoms with van der Waals surface area (Å²) in [5.41, 5.74) is 3.65. The van der Waals surface area contributed by atoms with E-state index in [1.807, 2.05) is 38.1 Å². The number of methoxy groups -OCH3 is 1. The lowest BCUT2D eigenvalue weighted by Crippen LogP contribution is -2.10. The minimum Gasteiger partial charge on any atom is -0.486 e. The lowest BCUT2D eigenvalue weighted by atomic mass is 10.0. The highest BCUT2D eigenvalue weighted by Gasteiger charge is 2.12. The van der Waals surface area contributed by atoms with Gasteiger partial charge in [-0.25, -0.2) is 4.39 Å². The molecule has 4 heteroatoms. The number of ether oxygens (including phenoxy) is 2. The van der Waals surface area contributed by atoms with Gasteiger partial charge in [0.2, 0.25) is 0 Å². The zero-order chi connectivity index (χ0) is 16.8. The molecule has 0 aliphatic carbocycles. The van der Waals surface area contributed by atoms with Gasteiger partial charge in [0, 0.05) is 0 Å². The van der Waals surface area contributed by atoms with Crippen LogP contribution in [0.3, 0.4) is 0 Å². The molecule has 0 bridgehead atoms. The van der Waals surface area contributed by atoms with Gasteiger partial charge in [-0.15, -0.1) is 0 Å². The first kappa shape index (κ1) is 17.0. The van der Waals surface area contributed by atoms with Crippen LogP contribution in [0.25, 0.3) is 0 Å². The van der Waals surface area contributed by atoms with Gasteiger partial charge >= 0.3 is 5.97 Å². The second kappa shape index (κ2) is 7.77. The molecular weight excluding hydrogens is 295 g/mol. The summed E-state index contributed by atoms with van der Waals surface area (Å²) in [6.45, 7) is 4.12. The summed E-state index contributed by atoms with van der Waals surface area (Å²) < 4.78 is 24.4. The number of hydrogen-bond donors (Lipinski definition) is 0. The third-order valence-corrected chi connectivity index (χ3v) is 3.85. The Morgan fingerprint density at radius 1 is 1.22 bits per heavy atom. The Balaban J connectivity index is 2.18. The molecule has 0 aliphatic heterocycles. The van der Waals surface area contributed by atoms with Crippen molar-refractivity contribution < 1.29 is 18.7 Å². The maximum atomic E-state index is 14.0. The van der Waals surface area contributed by atoms with Crippen LogP contribution >= 0.6 is 0 Å². The standard InChI is InChI=1S/C19H21FO3/c1-4-14-8-9-18(17(20)10-14)23-12-16-13(2)6-5-7-15(16)11-19(21)22-3/h5-10H,4,11-12H2,1-3H3. The fraction of sp³-hybridized carbons (Fsp3) is 0.316. The van der Waals surface area contributed by atoms with Crippen LogP contribution in [0.5, 0.6) is 5.75 Å². The summed E-state index contributed by atoms with van der Waals surface area (Å²) in [5, 5.41) is 0. The second-order valence-corrected chi connectivity index (χ2v) is 5.37. The summed E-state index contributed by atoms with van der Waals surface area (Å²) in [6, 6.07) is 10.7. The van der Waals surface area contributed by atoms with Crippen molar-refractivity contribution in [3.05, 3.63) is 64.5 Å². The molecule has 2 rings (SSSR count). The molecule has 0 unspecified atom stereocenters. The first-order valence-corrected chi connectivity index (χ1v) is 7.60. The number of aryl methyl sites for hydroxylation is 2. The van der Waals surface area contributed by atoms with Crippen LogP contribution in [-0.4, -0.2) is 13.1 Å². The first-order valence-electron chi connectivity index (χ1n) is 7.60. The fourth-order valence-electron chi connectivity index (χ4n) is 2.39. The minimum absolute atomic E-state index is 0.175. The van der Waals surface area contributed by atoms with Gasteiger partial charge in [0.05, 0.1) is 13.5 Å². The molecule has 0 aliphatic rings. The van der Waals surface area contributed by atoms with Crippen molar-refractivity contribution in [1.82, 2.24) is 0 Å². The number of rotatable bonds is 6. The quantitative estimate of drug-likeness (QED) is 0.756. The van der Waals surface area contributed by atoms with Crippen molar-refractivity contribution in [1.29, 1.82) is 0 Å². The van der Waals surface area contributed by atoms with E-state index in [0.29, 0.717) is 0 Å². The monoisotopic (exact) mass is 316 g/mol. The summed E-state index contributed by atoms with van der Waals surface area (Å²) in [5.74, 6) is -0.461. The second-order valence-electron chi connectivity index (χ2n) is 5.37. The molecule has 0 N–H and O–H groups in total. The van der Waals surface area contributed by atoms with Crippen molar-refractivity contribution >= 4 is 5.97 Å². The van der Waals surface area contributed by atoms with E-state index in [2.05, 4.69) is 0 Å². The molecule has 0 atom stereocenters. The molecule has 0 aromatic heterocycles.